The Balaban J connectivity index is 2.20. The Kier molecular flexibility index (Phi) is 3.50. The minimum Gasteiger partial charge on any atom is -0.490 e. The molecule has 1 N–H and O–H groups in total. The number of carbonyl (C=O) groups excluding carboxylic acids is 2. The lowest BCUT2D eigenvalue weighted by Gasteiger charge is -2.31. The summed E-state index contributed by atoms with van der Waals surface area (Å²) < 4.78 is 5.48. The van der Waals surface area contributed by atoms with Gasteiger partial charge < -0.3 is 15.0 Å². The number of amides is 2. The molecule has 1 atom stereocenters. The van der Waals surface area contributed by atoms with E-state index in [1.165, 1.54) is 6.92 Å². The van der Waals surface area contributed by atoms with E-state index in [1.807, 2.05) is 24.3 Å². The van der Waals surface area contributed by atoms with Gasteiger partial charge in [0.25, 0.3) is 0 Å². The van der Waals surface area contributed by atoms with Crippen LogP contribution in [-0.2, 0) is 9.59 Å². The Bertz CT molecular complexity index is 473. The van der Waals surface area contributed by atoms with Crippen LogP contribution in [0.4, 0.5) is 5.69 Å². The summed E-state index contributed by atoms with van der Waals surface area (Å²) >= 11 is 0. The van der Waals surface area contributed by atoms with Crippen LogP contribution in [0.15, 0.2) is 24.3 Å². The fourth-order valence-electron chi connectivity index (χ4n) is 2.00. The van der Waals surface area contributed by atoms with Gasteiger partial charge in [-0.05, 0) is 19.1 Å². The van der Waals surface area contributed by atoms with E-state index in [2.05, 4.69) is 5.32 Å². The van der Waals surface area contributed by atoms with Gasteiger partial charge in [0.15, 0.2) is 0 Å². The van der Waals surface area contributed by atoms with Crippen LogP contribution in [0.3, 0.4) is 0 Å². The second-order valence-electron chi connectivity index (χ2n) is 4.23. The van der Waals surface area contributed by atoms with Crippen LogP contribution in [0.1, 0.15) is 13.8 Å². The molecule has 2 amide bonds. The van der Waals surface area contributed by atoms with E-state index < -0.39 is 6.04 Å². The van der Waals surface area contributed by atoms with Gasteiger partial charge in [-0.1, -0.05) is 12.1 Å². The highest BCUT2D eigenvalue weighted by molar-refractivity contribution is 6.00. The van der Waals surface area contributed by atoms with Gasteiger partial charge in [-0.25, -0.2) is 0 Å². The Morgan fingerprint density at radius 1 is 1.39 bits per heavy atom. The minimum absolute atomic E-state index is 0.124. The number of rotatable bonds is 2. The SMILES string of the molecule is CC(=O)NC(C)C(=O)N1CCOc2ccccc21. The third-order valence-electron chi connectivity index (χ3n) is 2.78. The van der Waals surface area contributed by atoms with Gasteiger partial charge in [0, 0.05) is 6.92 Å². The average Bonchev–Trinajstić information content (AvgIpc) is 2.36. The van der Waals surface area contributed by atoms with Crippen molar-refractivity contribution in [2.24, 2.45) is 0 Å². The van der Waals surface area contributed by atoms with Gasteiger partial charge in [0.1, 0.15) is 18.4 Å². The third kappa shape index (κ3) is 2.45. The van der Waals surface area contributed by atoms with Crippen molar-refractivity contribution in [3.63, 3.8) is 0 Å². The average molecular weight is 248 g/mol. The van der Waals surface area contributed by atoms with Crippen molar-refractivity contribution in [2.75, 3.05) is 18.1 Å². The molecule has 0 spiro atoms. The van der Waals surface area contributed by atoms with Crippen LogP contribution < -0.4 is 15.0 Å². The maximum Gasteiger partial charge on any atom is 0.249 e. The first-order chi connectivity index (χ1) is 8.59. The van der Waals surface area contributed by atoms with E-state index in [1.54, 1.807) is 11.8 Å². The van der Waals surface area contributed by atoms with Crippen LogP contribution >= 0.6 is 0 Å². The van der Waals surface area contributed by atoms with E-state index in [0.29, 0.717) is 18.9 Å². The molecule has 96 valence electrons. The highest BCUT2D eigenvalue weighted by Crippen LogP contribution is 2.31. The predicted octanol–water partition coefficient (Wildman–Crippen LogP) is 0.937. The molecular weight excluding hydrogens is 232 g/mol. The second kappa shape index (κ2) is 5.08. The number of benzene rings is 1. The number of anilines is 1. The molecule has 0 saturated heterocycles. The first-order valence-electron chi connectivity index (χ1n) is 5.90. The van der Waals surface area contributed by atoms with Crippen LogP contribution in [0.2, 0.25) is 0 Å². The summed E-state index contributed by atoms with van der Waals surface area (Å²) in [5.74, 6) is 0.366. The van der Waals surface area contributed by atoms with Crippen molar-refractivity contribution in [2.45, 2.75) is 19.9 Å². The normalized spacial score (nSPS) is 15.3. The fourth-order valence-corrected chi connectivity index (χ4v) is 2.00. The van der Waals surface area contributed by atoms with Crippen LogP contribution in [0.5, 0.6) is 5.75 Å². The zero-order chi connectivity index (χ0) is 13.1. The van der Waals surface area contributed by atoms with Gasteiger partial charge in [-0.15, -0.1) is 0 Å². The summed E-state index contributed by atoms with van der Waals surface area (Å²) in [6, 6.07) is 6.86. The molecule has 1 aromatic carbocycles. The van der Waals surface area contributed by atoms with Gasteiger partial charge in [-0.3, -0.25) is 9.59 Å². The number of para-hydroxylation sites is 2. The molecule has 2 rings (SSSR count). The number of hydrogen-bond donors (Lipinski definition) is 1. The summed E-state index contributed by atoms with van der Waals surface area (Å²) in [5.41, 5.74) is 0.756. The third-order valence-corrected chi connectivity index (χ3v) is 2.78. The van der Waals surface area contributed by atoms with Gasteiger partial charge in [0.2, 0.25) is 11.8 Å². The first-order valence-corrected chi connectivity index (χ1v) is 5.90. The van der Waals surface area contributed by atoms with Gasteiger partial charge in [-0.2, -0.15) is 0 Å². The van der Waals surface area contributed by atoms with Crippen molar-refractivity contribution in [3.8, 4) is 5.75 Å². The van der Waals surface area contributed by atoms with Gasteiger partial charge >= 0.3 is 0 Å². The quantitative estimate of drug-likeness (QED) is 0.847. The fraction of sp³-hybridized carbons (Fsp3) is 0.385. The largest absolute Gasteiger partial charge is 0.490 e. The van der Waals surface area contributed by atoms with Crippen molar-refractivity contribution in [1.82, 2.24) is 5.32 Å². The first kappa shape index (κ1) is 12.4. The second-order valence-corrected chi connectivity index (χ2v) is 4.23. The number of fused-ring (bicyclic) bond motifs is 1. The monoisotopic (exact) mass is 248 g/mol. The van der Waals surface area contributed by atoms with Crippen molar-refractivity contribution in [3.05, 3.63) is 24.3 Å². The molecule has 5 nitrogen and oxygen atoms in total. The number of hydrogen-bond acceptors (Lipinski definition) is 3. The molecule has 0 bridgehead atoms. The van der Waals surface area contributed by atoms with E-state index in [9.17, 15) is 9.59 Å². The molecule has 0 aromatic heterocycles. The number of nitrogens with one attached hydrogen (secondary N) is 1. The molecule has 0 radical (unpaired) electrons. The molecule has 0 aliphatic carbocycles. The number of ether oxygens (including phenoxy) is 1. The Hall–Kier alpha value is -2.04. The molecule has 1 aromatic rings. The van der Waals surface area contributed by atoms with E-state index in [-0.39, 0.29) is 11.8 Å². The molecule has 18 heavy (non-hydrogen) atoms. The Morgan fingerprint density at radius 3 is 2.83 bits per heavy atom. The maximum absolute atomic E-state index is 12.3. The molecule has 1 aliphatic heterocycles. The molecule has 0 fully saturated rings. The Labute approximate surface area is 106 Å². The summed E-state index contributed by atoms with van der Waals surface area (Å²) in [6.45, 7) is 4.05. The maximum atomic E-state index is 12.3. The topological polar surface area (TPSA) is 58.6 Å². The molecule has 1 unspecified atom stereocenters. The van der Waals surface area contributed by atoms with E-state index in [4.69, 9.17) is 4.74 Å². The lowest BCUT2D eigenvalue weighted by Crippen LogP contribution is -2.49. The highest BCUT2D eigenvalue weighted by Gasteiger charge is 2.27. The summed E-state index contributed by atoms with van der Waals surface area (Å²) in [4.78, 5) is 24.9. The highest BCUT2D eigenvalue weighted by atomic mass is 16.5. The standard InChI is InChI=1S/C13H16N2O3/c1-9(14-10(2)16)13(17)15-7-8-18-12-6-4-3-5-11(12)15/h3-6,9H,7-8H2,1-2H3,(H,14,16). The molecule has 1 heterocycles. The van der Waals surface area contributed by atoms with Crippen LogP contribution in [-0.4, -0.2) is 31.0 Å². The summed E-state index contributed by atoms with van der Waals surface area (Å²) in [5, 5.41) is 2.60. The number of nitrogens with zero attached hydrogens (tertiary/aromatic N) is 1. The number of carbonyl (C=O) groups is 2. The van der Waals surface area contributed by atoms with Crippen molar-refractivity contribution in [1.29, 1.82) is 0 Å². The zero-order valence-electron chi connectivity index (χ0n) is 10.5. The summed E-state index contributed by atoms with van der Waals surface area (Å²) in [6.07, 6.45) is 0. The van der Waals surface area contributed by atoms with Crippen molar-refractivity contribution < 1.29 is 14.3 Å². The van der Waals surface area contributed by atoms with Crippen molar-refractivity contribution >= 4 is 17.5 Å². The van der Waals surface area contributed by atoms with E-state index in [0.717, 1.165) is 5.69 Å². The van der Waals surface area contributed by atoms with Gasteiger partial charge in [0.05, 0.1) is 12.2 Å². The predicted molar refractivity (Wildman–Crippen MR) is 67.6 cm³/mol. The molecule has 0 saturated carbocycles. The molecule has 1 aliphatic rings. The van der Waals surface area contributed by atoms with Crippen LogP contribution in [0, 0.1) is 0 Å². The lowest BCUT2D eigenvalue weighted by molar-refractivity contribution is -0.126. The van der Waals surface area contributed by atoms with E-state index >= 15 is 0 Å². The Morgan fingerprint density at radius 2 is 2.11 bits per heavy atom. The smallest absolute Gasteiger partial charge is 0.249 e. The minimum atomic E-state index is -0.534. The van der Waals surface area contributed by atoms with Crippen LogP contribution in [0.25, 0.3) is 0 Å². The summed E-state index contributed by atoms with van der Waals surface area (Å²) in [7, 11) is 0. The zero-order valence-corrected chi connectivity index (χ0v) is 10.5. The lowest BCUT2D eigenvalue weighted by atomic mass is 10.2. The molecular formula is C13H16N2O3. The molecule has 5 heteroatoms.